The summed E-state index contributed by atoms with van der Waals surface area (Å²) >= 11 is 3.36. The molecule has 0 amide bonds. The number of aryl methyl sites for hydroxylation is 1. The van der Waals surface area contributed by atoms with Gasteiger partial charge in [0.1, 0.15) is 0 Å². The summed E-state index contributed by atoms with van der Waals surface area (Å²) < 4.78 is 0.918. The highest BCUT2D eigenvalue weighted by Crippen LogP contribution is 2.27. The molecular weight excluding hydrogens is 244 g/mol. The van der Waals surface area contributed by atoms with Crippen LogP contribution in [0.3, 0.4) is 0 Å². The van der Waals surface area contributed by atoms with E-state index in [4.69, 9.17) is 5.11 Å². The number of carboxylic acids is 1. The predicted octanol–water partition coefficient (Wildman–Crippen LogP) is 3.12. The van der Waals surface area contributed by atoms with Gasteiger partial charge in [-0.2, -0.15) is 0 Å². The third-order valence-corrected chi connectivity index (χ3v) is 2.76. The van der Waals surface area contributed by atoms with Crippen LogP contribution >= 0.6 is 15.9 Å². The van der Waals surface area contributed by atoms with Crippen LogP contribution in [0.2, 0.25) is 0 Å². The molecule has 0 atom stereocenters. The molecule has 0 aliphatic rings. The van der Waals surface area contributed by atoms with Crippen LogP contribution in [-0.4, -0.2) is 11.1 Å². The summed E-state index contributed by atoms with van der Waals surface area (Å²) in [7, 11) is 0. The van der Waals surface area contributed by atoms with E-state index in [1.807, 2.05) is 25.1 Å². The molecule has 14 heavy (non-hydrogen) atoms. The summed E-state index contributed by atoms with van der Waals surface area (Å²) in [4.78, 5) is 11.0. The Hall–Kier alpha value is -0.830. The summed E-state index contributed by atoms with van der Waals surface area (Å²) in [5, 5.41) is 9.06. The first-order chi connectivity index (χ1) is 6.34. The van der Waals surface area contributed by atoms with Gasteiger partial charge >= 0.3 is 5.97 Å². The molecule has 0 aliphatic heterocycles. The standard InChI is InChI=1S/C11H13BrO2/c1-7-4-8(6-9(12)5-7)11(2,3)10(13)14/h4-6H,1-3H3,(H,13,14). The Labute approximate surface area is 92.1 Å². The highest BCUT2D eigenvalue weighted by Gasteiger charge is 2.29. The molecule has 0 heterocycles. The normalized spacial score (nSPS) is 11.4. The van der Waals surface area contributed by atoms with Crippen molar-refractivity contribution in [1.29, 1.82) is 0 Å². The second-order valence-corrected chi connectivity index (χ2v) is 4.86. The van der Waals surface area contributed by atoms with Crippen molar-refractivity contribution in [3.8, 4) is 0 Å². The highest BCUT2D eigenvalue weighted by molar-refractivity contribution is 9.10. The fraction of sp³-hybridized carbons (Fsp3) is 0.364. The van der Waals surface area contributed by atoms with E-state index in [1.165, 1.54) is 0 Å². The molecule has 0 aliphatic carbocycles. The van der Waals surface area contributed by atoms with E-state index < -0.39 is 11.4 Å². The number of halogens is 1. The summed E-state index contributed by atoms with van der Waals surface area (Å²) in [6, 6.07) is 5.71. The van der Waals surface area contributed by atoms with Gasteiger partial charge in [-0.1, -0.05) is 22.0 Å². The number of hydrogen-bond donors (Lipinski definition) is 1. The average Bonchev–Trinajstić information content (AvgIpc) is 2.01. The molecular formula is C11H13BrO2. The van der Waals surface area contributed by atoms with E-state index in [9.17, 15) is 4.79 Å². The van der Waals surface area contributed by atoms with Gasteiger partial charge < -0.3 is 5.11 Å². The minimum absolute atomic E-state index is 0.810. The molecule has 0 radical (unpaired) electrons. The zero-order chi connectivity index (χ0) is 10.9. The quantitative estimate of drug-likeness (QED) is 0.883. The van der Waals surface area contributed by atoms with Crippen LogP contribution in [0.25, 0.3) is 0 Å². The van der Waals surface area contributed by atoms with Gasteiger partial charge in [0.05, 0.1) is 5.41 Å². The van der Waals surface area contributed by atoms with Crippen molar-refractivity contribution in [2.75, 3.05) is 0 Å². The Morgan fingerprint density at radius 2 is 1.93 bits per heavy atom. The highest BCUT2D eigenvalue weighted by atomic mass is 79.9. The molecule has 0 unspecified atom stereocenters. The largest absolute Gasteiger partial charge is 0.481 e. The lowest BCUT2D eigenvalue weighted by molar-refractivity contribution is -0.142. The predicted molar refractivity (Wildman–Crippen MR) is 59.5 cm³/mol. The van der Waals surface area contributed by atoms with Crippen LogP contribution in [-0.2, 0) is 10.2 Å². The van der Waals surface area contributed by atoms with Gasteiger partial charge in [-0.25, -0.2) is 0 Å². The Morgan fingerprint density at radius 1 is 1.36 bits per heavy atom. The maximum absolute atomic E-state index is 11.0. The minimum Gasteiger partial charge on any atom is -0.481 e. The van der Waals surface area contributed by atoms with E-state index in [2.05, 4.69) is 15.9 Å². The van der Waals surface area contributed by atoms with Crippen molar-refractivity contribution >= 4 is 21.9 Å². The van der Waals surface area contributed by atoms with Crippen LogP contribution in [0, 0.1) is 6.92 Å². The monoisotopic (exact) mass is 256 g/mol. The molecule has 1 N–H and O–H groups in total. The molecule has 1 rings (SSSR count). The lowest BCUT2D eigenvalue weighted by Gasteiger charge is -2.20. The van der Waals surface area contributed by atoms with Gasteiger partial charge in [0, 0.05) is 4.47 Å². The Bertz CT molecular complexity index is 349. The Balaban J connectivity index is 3.25. The van der Waals surface area contributed by atoms with Crippen LogP contribution < -0.4 is 0 Å². The fourth-order valence-corrected chi connectivity index (χ4v) is 1.83. The number of aliphatic carboxylic acids is 1. The average molecular weight is 257 g/mol. The van der Waals surface area contributed by atoms with Gasteiger partial charge in [0.2, 0.25) is 0 Å². The van der Waals surface area contributed by atoms with Gasteiger partial charge in [-0.3, -0.25) is 4.79 Å². The first kappa shape index (κ1) is 11.2. The summed E-state index contributed by atoms with van der Waals surface area (Å²) in [6.07, 6.45) is 0. The lowest BCUT2D eigenvalue weighted by atomic mass is 9.84. The topological polar surface area (TPSA) is 37.3 Å². The molecule has 1 aromatic carbocycles. The molecule has 2 nitrogen and oxygen atoms in total. The summed E-state index contributed by atoms with van der Waals surface area (Å²) in [6.45, 7) is 5.36. The summed E-state index contributed by atoms with van der Waals surface area (Å²) in [5.74, 6) is -0.810. The smallest absolute Gasteiger partial charge is 0.313 e. The first-order valence-electron chi connectivity index (χ1n) is 4.35. The van der Waals surface area contributed by atoms with Gasteiger partial charge in [0.15, 0.2) is 0 Å². The molecule has 0 spiro atoms. The Morgan fingerprint density at radius 3 is 2.36 bits per heavy atom. The van der Waals surface area contributed by atoms with Crippen LogP contribution in [0.15, 0.2) is 22.7 Å². The molecule has 3 heteroatoms. The van der Waals surface area contributed by atoms with Crippen molar-refractivity contribution in [3.05, 3.63) is 33.8 Å². The number of carbonyl (C=O) groups is 1. The number of rotatable bonds is 2. The zero-order valence-corrected chi connectivity index (χ0v) is 10.1. The molecule has 0 saturated heterocycles. The van der Waals surface area contributed by atoms with E-state index in [1.54, 1.807) is 13.8 Å². The SMILES string of the molecule is Cc1cc(Br)cc(C(C)(C)C(=O)O)c1. The van der Waals surface area contributed by atoms with Crippen LogP contribution in [0.4, 0.5) is 0 Å². The van der Waals surface area contributed by atoms with Crippen LogP contribution in [0.1, 0.15) is 25.0 Å². The summed E-state index contributed by atoms with van der Waals surface area (Å²) in [5.41, 5.74) is 1.04. The van der Waals surface area contributed by atoms with E-state index in [-0.39, 0.29) is 0 Å². The fourth-order valence-electron chi connectivity index (χ4n) is 1.22. The van der Waals surface area contributed by atoms with Gasteiger partial charge in [-0.05, 0) is 44.0 Å². The molecule has 0 bridgehead atoms. The maximum Gasteiger partial charge on any atom is 0.313 e. The molecule has 1 aromatic rings. The minimum atomic E-state index is -0.839. The van der Waals surface area contributed by atoms with Crippen molar-refractivity contribution in [2.24, 2.45) is 0 Å². The van der Waals surface area contributed by atoms with E-state index >= 15 is 0 Å². The molecule has 76 valence electrons. The lowest BCUT2D eigenvalue weighted by Crippen LogP contribution is -2.28. The van der Waals surface area contributed by atoms with Crippen molar-refractivity contribution in [3.63, 3.8) is 0 Å². The van der Waals surface area contributed by atoms with Crippen molar-refractivity contribution in [1.82, 2.24) is 0 Å². The number of benzene rings is 1. The van der Waals surface area contributed by atoms with E-state index in [0.717, 1.165) is 15.6 Å². The second kappa shape index (κ2) is 3.73. The number of carboxylic acid groups (broad SMARTS) is 1. The third-order valence-electron chi connectivity index (χ3n) is 2.30. The number of hydrogen-bond acceptors (Lipinski definition) is 1. The Kier molecular flexibility index (Phi) is 3.00. The van der Waals surface area contributed by atoms with Gasteiger partial charge in [-0.15, -0.1) is 0 Å². The van der Waals surface area contributed by atoms with Gasteiger partial charge in [0.25, 0.3) is 0 Å². The van der Waals surface area contributed by atoms with E-state index in [0.29, 0.717) is 0 Å². The van der Waals surface area contributed by atoms with Crippen LogP contribution in [0.5, 0.6) is 0 Å². The second-order valence-electron chi connectivity index (χ2n) is 3.95. The zero-order valence-electron chi connectivity index (χ0n) is 8.47. The maximum atomic E-state index is 11.0. The first-order valence-corrected chi connectivity index (χ1v) is 5.14. The third kappa shape index (κ3) is 2.15. The van der Waals surface area contributed by atoms with Crippen molar-refractivity contribution < 1.29 is 9.90 Å². The molecule has 0 fully saturated rings. The van der Waals surface area contributed by atoms with Crippen molar-refractivity contribution in [2.45, 2.75) is 26.2 Å². The molecule has 0 saturated carbocycles. The molecule has 0 aromatic heterocycles.